The van der Waals surface area contributed by atoms with Crippen molar-refractivity contribution in [2.75, 3.05) is 20.1 Å². The molecule has 0 fully saturated rings. The van der Waals surface area contributed by atoms with Crippen molar-refractivity contribution in [2.24, 2.45) is 4.99 Å². The molecule has 142 valence electrons. The standard InChI is InChI=1S/C18H29FN4O.HI/c1-17(2,3)23-15(24)11-21-16(20-6)22-12-18(4,5)13-7-9-14(19)10-8-13;/h7-10H,11-12H2,1-6H3,(H,23,24)(H2,20,21,22);1H. The average Bonchev–Trinajstić information content (AvgIpc) is 2.46. The van der Waals surface area contributed by atoms with E-state index < -0.39 is 0 Å². The van der Waals surface area contributed by atoms with E-state index in [9.17, 15) is 9.18 Å². The number of nitrogens with zero attached hydrogens (tertiary/aromatic N) is 1. The highest BCUT2D eigenvalue weighted by Crippen LogP contribution is 2.22. The van der Waals surface area contributed by atoms with Crippen LogP contribution in [0.3, 0.4) is 0 Å². The number of hydrogen-bond donors (Lipinski definition) is 3. The highest BCUT2D eigenvalue weighted by atomic mass is 127. The molecule has 0 aromatic heterocycles. The topological polar surface area (TPSA) is 65.5 Å². The van der Waals surface area contributed by atoms with E-state index in [0.717, 1.165) is 5.56 Å². The summed E-state index contributed by atoms with van der Waals surface area (Å²) in [5.74, 6) is 0.210. The lowest BCUT2D eigenvalue weighted by molar-refractivity contribution is -0.121. The van der Waals surface area contributed by atoms with E-state index in [1.54, 1.807) is 19.2 Å². The number of rotatable bonds is 5. The minimum Gasteiger partial charge on any atom is -0.356 e. The predicted molar refractivity (Wildman–Crippen MR) is 112 cm³/mol. The third-order valence-electron chi connectivity index (χ3n) is 3.48. The monoisotopic (exact) mass is 464 g/mol. The number of guanidine groups is 1. The highest BCUT2D eigenvalue weighted by Gasteiger charge is 2.21. The maximum atomic E-state index is 13.1. The van der Waals surface area contributed by atoms with Crippen molar-refractivity contribution in [3.63, 3.8) is 0 Å². The Balaban J connectivity index is 0.00000576. The van der Waals surface area contributed by atoms with Crippen molar-refractivity contribution in [3.05, 3.63) is 35.6 Å². The van der Waals surface area contributed by atoms with Gasteiger partial charge in [0, 0.05) is 24.5 Å². The Morgan fingerprint density at radius 2 is 1.64 bits per heavy atom. The molecule has 0 saturated heterocycles. The summed E-state index contributed by atoms with van der Waals surface area (Å²) >= 11 is 0. The third-order valence-corrected chi connectivity index (χ3v) is 3.48. The van der Waals surface area contributed by atoms with Crippen molar-refractivity contribution in [3.8, 4) is 0 Å². The lowest BCUT2D eigenvalue weighted by Crippen LogP contribution is -2.49. The van der Waals surface area contributed by atoms with Crippen LogP contribution in [0.2, 0.25) is 0 Å². The van der Waals surface area contributed by atoms with Gasteiger partial charge >= 0.3 is 0 Å². The molecule has 0 heterocycles. The molecule has 0 aliphatic carbocycles. The number of aliphatic imine (C=N–C) groups is 1. The van der Waals surface area contributed by atoms with Crippen LogP contribution in [-0.2, 0) is 10.2 Å². The van der Waals surface area contributed by atoms with Gasteiger partial charge in [0.1, 0.15) is 5.82 Å². The molecule has 3 N–H and O–H groups in total. The van der Waals surface area contributed by atoms with Gasteiger partial charge in [0.25, 0.3) is 0 Å². The summed E-state index contributed by atoms with van der Waals surface area (Å²) in [4.78, 5) is 16.0. The minimum absolute atomic E-state index is 0. The maximum Gasteiger partial charge on any atom is 0.239 e. The molecular weight excluding hydrogens is 434 g/mol. The van der Waals surface area contributed by atoms with Crippen LogP contribution in [0.5, 0.6) is 0 Å². The van der Waals surface area contributed by atoms with Gasteiger partial charge in [-0.3, -0.25) is 9.79 Å². The fraction of sp³-hybridized carbons (Fsp3) is 0.556. The summed E-state index contributed by atoms with van der Waals surface area (Å²) in [5.41, 5.74) is 0.552. The van der Waals surface area contributed by atoms with Gasteiger partial charge in [-0.1, -0.05) is 26.0 Å². The number of amides is 1. The summed E-state index contributed by atoms with van der Waals surface area (Å²) in [5, 5.41) is 9.08. The van der Waals surface area contributed by atoms with Gasteiger partial charge in [-0.05, 0) is 38.5 Å². The first-order valence-electron chi connectivity index (χ1n) is 8.05. The van der Waals surface area contributed by atoms with Crippen LogP contribution >= 0.6 is 24.0 Å². The molecule has 1 aromatic carbocycles. The normalized spacial score (nSPS) is 12.2. The second kappa shape index (κ2) is 9.94. The van der Waals surface area contributed by atoms with Crippen LogP contribution in [-0.4, -0.2) is 37.5 Å². The third kappa shape index (κ3) is 9.04. The molecule has 1 rings (SSSR count). The average molecular weight is 464 g/mol. The number of nitrogens with one attached hydrogen (secondary N) is 3. The smallest absolute Gasteiger partial charge is 0.239 e. The van der Waals surface area contributed by atoms with Gasteiger partial charge in [0.15, 0.2) is 5.96 Å². The lowest BCUT2D eigenvalue weighted by atomic mass is 9.84. The molecule has 0 spiro atoms. The Morgan fingerprint density at radius 3 is 2.12 bits per heavy atom. The zero-order valence-corrected chi connectivity index (χ0v) is 18.2. The summed E-state index contributed by atoms with van der Waals surface area (Å²) < 4.78 is 13.1. The zero-order chi connectivity index (χ0) is 18.4. The molecule has 5 nitrogen and oxygen atoms in total. The Kier molecular flexibility index (Phi) is 9.39. The molecule has 1 amide bonds. The molecular formula is C18H30FIN4O. The van der Waals surface area contributed by atoms with E-state index >= 15 is 0 Å². The van der Waals surface area contributed by atoms with Gasteiger partial charge < -0.3 is 16.0 Å². The van der Waals surface area contributed by atoms with E-state index in [0.29, 0.717) is 12.5 Å². The fourth-order valence-electron chi connectivity index (χ4n) is 2.15. The second-order valence-electron chi connectivity index (χ2n) is 7.47. The molecule has 25 heavy (non-hydrogen) atoms. The van der Waals surface area contributed by atoms with E-state index in [-0.39, 0.29) is 53.2 Å². The number of halogens is 2. The van der Waals surface area contributed by atoms with Gasteiger partial charge in [-0.25, -0.2) is 4.39 Å². The molecule has 1 aromatic rings. The Hall–Kier alpha value is -1.38. The van der Waals surface area contributed by atoms with E-state index in [2.05, 4.69) is 34.8 Å². The second-order valence-corrected chi connectivity index (χ2v) is 7.47. The number of carbonyl (C=O) groups is 1. The van der Waals surface area contributed by atoms with E-state index in [1.807, 2.05) is 20.8 Å². The summed E-state index contributed by atoms with van der Waals surface area (Å²) in [6.07, 6.45) is 0. The largest absolute Gasteiger partial charge is 0.356 e. The predicted octanol–water partition coefficient (Wildman–Crippen LogP) is 2.80. The van der Waals surface area contributed by atoms with Crippen molar-refractivity contribution < 1.29 is 9.18 Å². The molecule has 0 atom stereocenters. The lowest BCUT2D eigenvalue weighted by Gasteiger charge is -2.27. The van der Waals surface area contributed by atoms with Crippen LogP contribution < -0.4 is 16.0 Å². The maximum absolute atomic E-state index is 13.1. The van der Waals surface area contributed by atoms with Gasteiger partial charge in [-0.2, -0.15) is 0 Å². The van der Waals surface area contributed by atoms with Crippen LogP contribution in [0.1, 0.15) is 40.2 Å². The molecule has 0 aliphatic heterocycles. The van der Waals surface area contributed by atoms with Crippen molar-refractivity contribution in [1.82, 2.24) is 16.0 Å². The fourth-order valence-corrected chi connectivity index (χ4v) is 2.15. The van der Waals surface area contributed by atoms with Crippen molar-refractivity contribution >= 4 is 35.8 Å². The zero-order valence-electron chi connectivity index (χ0n) is 15.9. The van der Waals surface area contributed by atoms with Gasteiger partial charge in [0.2, 0.25) is 5.91 Å². The molecule has 0 radical (unpaired) electrons. The van der Waals surface area contributed by atoms with Crippen LogP contribution in [0.25, 0.3) is 0 Å². The number of benzene rings is 1. The first kappa shape index (κ1) is 23.6. The molecule has 0 unspecified atom stereocenters. The van der Waals surface area contributed by atoms with E-state index in [4.69, 9.17) is 0 Å². The van der Waals surface area contributed by atoms with Gasteiger partial charge in [0.05, 0.1) is 6.54 Å². The first-order valence-corrected chi connectivity index (χ1v) is 8.05. The molecule has 0 saturated carbocycles. The van der Waals surface area contributed by atoms with Gasteiger partial charge in [-0.15, -0.1) is 24.0 Å². The Labute approximate surface area is 167 Å². The molecule has 7 heteroatoms. The Bertz CT molecular complexity index is 580. The SMILES string of the molecule is CN=C(NCC(=O)NC(C)(C)C)NCC(C)(C)c1ccc(F)cc1.I. The van der Waals surface area contributed by atoms with Crippen LogP contribution in [0.4, 0.5) is 4.39 Å². The number of hydrogen-bond acceptors (Lipinski definition) is 2. The molecule has 0 bridgehead atoms. The van der Waals surface area contributed by atoms with Crippen molar-refractivity contribution in [2.45, 2.75) is 45.6 Å². The Morgan fingerprint density at radius 1 is 1.08 bits per heavy atom. The summed E-state index contributed by atoms with van der Waals surface area (Å²) in [6.45, 7) is 10.7. The number of carbonyl (C=O) groups excluding carboxylic acids is 1. The quantitative estimate of drug-likeness (QED) is 0.357. The summed E-state index contributed by atoms with van der Waals surface area (Å²) in [7, 11) is 1.65. The van der Waals surface area contributed by atoms with Crippen molar-refractivity contribution in [1.29, 1.82) is 0 Å². The molecule has 0 aliphatic rings. The highest BCUT2D eigenvalue weighted by molar-refractivity contribution is 14.0. The first-order chi connectivity index (χ1) is 11.0. The van der Waals surface area contributed by atoms with E-state index in [1.165, 1.54) is 12.1 Å². The summed E-state index contributed by atoms with van der Waals surface area (Å²) in [6, 6.07) is 6.48. The van der Waals surface area contributed by atoms with Crippen LogP contribution in [0.15, 0.2) is 29.3 Å². The van der Waals surface area contributed by atoms with Crippen LogP contribution in [0, 0.1) is 5.82 Å². The minimum atomic E-state index is -0.264.